The minimum atomic E-state index is -0.646. The molecule has 0 saturated carbocycles. The van der Waals surface area contributed by atoms with Crippen LogP contribution in [-0.4, -0.2) is 23.4 Å². The molecule has 1 amide bonds. The summed E-state index contributed by atoms with van der Waals surface area (Å²) < 4.78 is 5.49. The predicted octanol–water partition coefficient (Wildman–Crippen LogP) is 3.46. The van der Waals surface area contributed by atoms with Crippen molar-refractivity contribution in [2.45, 2.75) is 6.92 Å². The summed E-state index contributed by atoms with van der Waals surface area (Å²) in [6.45, 7) is 1.10. The first-order valence-electron chi connectivity index (χ1n) is 6.85. The van der Waals surface area contributed by atoms with Crippen LogP contribution in [0, 0.1) is 17.0 Å². The first kappa shape index (κ1) is 17.6. The van der Waals surface area contributed by atoms with Gasteiger partial charge in [-0.2, -0.15) is 0 Å². The largest absolute Gasteiger partial charge is 0.452 e. The maximum atomic E-state index is 11.9. The SMILES string of the molecule is Cc1ccc(NC(=O)COC(=O)c2ccccc2Br)cc1[N+](=O)[O-]. The lowest BCUT2D eigenvalue weighted by atomic mass is 10.2. The third-order valence-corrected chi connectivity index (χ3v) is 3.81. The molecule has 0 aliphatic heterocycles. The van der Waals surface area contributed by atoms with Crippen molar-refractivity contribution in [1.29, 1.82) is 0 Å². The summed E-state index contributed by atoms with van der Waals surface area (Å²) in [7, 11) is 0. The van der Waals surface area contributed by atoms with Crippen molar-refractivity contribution in [2.24, 2.45) is 0 Å². The second-order valence-electron chi connectivity index (χ2n) is 4.86. The van der Waals surface area contributed by atoms with Crippen molar-refractivity contribution < 1.29 is 19.2 Å². The molecule has 8 heteroatoms. The molecule has 0 unspecified atom stereocenters. The van der Waals surface area contributed by atoms with Gasteiger partial charge >= 0.3 is 5.97 Å². The number of nitrogens with zero attached hydrogens (tertiary/aromatic N) is 1. The van der Waals surface area contributed by atoms with E-state index in [-0.39, 0.29) is 11.4 Å². The van der Waals surface area contributed by atoms with Crippen LogP contribution in [0.25, 0.3) is 0 Å². The van der Waals surface area contributed by atoms with Crippen LogP contribution in [-0.2, 0) is 9.53 Å². The van der Waals surface area contributed by atoms with Gasteiger partial charge in [0.1, 0.15) is 0 Å². The van der Waals surface area contributed by atoms with Crippen molar-refractivity contribution in [3.63, 3.8) is 0 Å². The van der Waals surface area contributed by atoms with Crippen molar-refractivity contribution in [2.75, 3.05) is 11.9 Å². The van der Waals surface area contributed by atoms with E-state index in [0.29, 0.717) is 15.6 Å². The van der Waals surface area contributed by atoms with Gasteiger partial charge in [0.15, 0.2) is 6.61 Å². The quantitative estimate of drug-likeness (QED) is 0.477. The Morgan fingerprint density at radius 1 is 1.25 bits per heavy atom. The van der Waals surface area contributed by atoms with Gasteiger partial charge in [-0.25, -0.2) is 4.79 Å². The van der Waals surface area contributed by atoms with Gasteiger partial charge in [0.05, 0.1) is 10.5 Å². The number of anilines is 1. The summed E-state index contributed by atoms with van der Waals surface area (Å²) in [5.74, 6) is -1.24. The van der Waals surface area contributed by atoms with E-state index < -0.39 is 23.4 Å². The Balaban J connectivity index is 1.97. The Kier molecular flexibility index (Phi) is 5.64. The zero-order valence-electron chi connectivity index (χ0n) is 12.6. The van der Waals surface area contributed by atoms with Gasteiger partial charge < -0.3 is 10.1 Å². The second kappa shape index (κ2) is 7.69. The minimum Gasteiger partial charge on any atom is -0.452 e. The van der Waals surface area contributed by atoms with Crippen LogP contribution in [0.2, 0.25) is 0 Å². The molecule has 0 atom stereocenters. The van der Waals surface area contributed by atoms with E-state index in [1.165, 1.54) is 18.2 Å². The van der Waals surface area contributed by atoms with Gasteiger partial charge in [-0.15, -0.1) is 0 Å². The van der Waals surface area contributed by atoms with Crippen molar-refractivity contribution >= 4 is 39.2 Å². The van der Waals surface area contributed by atoms with Gasteiger partial charge in [0.25, 0.3) is 11.6 Å². The summed E-state index contributed by atoms with van der Waals surface area (Å²) in [4.78, 5) is 34.1. The van der Waals surface area contributed by atoms with Crippen LogP contribution < -0.4 is 5.32 Å². The minimum absolute atomic E-state index is 0.0991. The van der Waals surface area contributed by atoms with E-state index in [0.717, 1.165) is 0 Å². The summed E-state index contributed by atoms with van der Waals surface area (Å²) in [5.41, 5.74) is 0.946. The van der Waals surface area contributed by atoms with E-state index in [2.05, 4.69) is 21.2 Å². The molecule has 24 heavy (non-hydrogen) atoms. The van der Waals surface area contributed by atoms with Crippen LogP contribution >= 0.6 is 15.9 Å². The Morgan fingerprint density at radius 3 is 2.62 bits per heavy atom. The number of nitrogens with one attached hydrogen (secondary N) is 1. The maximum Gasteiger partial charge on any atom is 0.339 e. The molecule has 0 aliphatic rings. The Bertz CT molecular complexity index is 807. The number of aryl methyl sites for hydroxylation is 1. The molecule has 0 aliphatic carbocycles. The molecule has 0 bridgehead atoms. The second-order valence-corrected chi connectivity index (χ2v) is 5.72. The molecule has 2 rings (SSSR count). The highest BCUT2D eigenvalue weighted by Crippen LogP contribution is 2.22. The fraction of sp³-hybridized carbons (Fsp3) is 0.125. The molecule has 0 aromatic heterocycles. The third-order valence-electron chi connectivity index (χ3n) is 3.12. The number of amides is 1. The van der Waals surface area contributed by atoms with E-state index >= 15 is 0 Å². The standard InChI is InChI=1S/C16H13BrN2O5/c1-10-6-7-11(8-14(10)19(22)23)18-15(20)9-24-16(21)12-4-2-3-5-13(12)17/h2-8H,9H2,1H3,(H,18,20). The van der Waals surface area contributed by atoms with Crippen molar-refractivity contribution in [3.8, 4) is 0 Å². The molecule has 2 aromatic carbocycles. The number of carbonyl (C=O) groups is 2. The highest BCUT2D eigenvalue weighted by molar-refractivity contribution is 9.10. The molecule has 0 heterocycles. The van der Waals surface area contributed by atoms with Crippen molar-refractivity contribution in [3.05, 3.63) is 68.2 Å². The predicted molar refractivity (Wildman–Crippen MR) is 90.9 cm³/mol. The molecule has 7 nitrogen and oxygen atoms in total. The van der Waals surface area contributed by atoms with Gasteiger partial charge in [0.2, 0.25) is 0 Å². The number of ether oxygens (including phenoxy) is 1. The molecular formula is C16H13BrN2O5. The van der Waals surface area contributed by atoms with Crippen LogP contribution in [0.15, 0.2) is 46.9 Å². The molecule has 0 saturated heterocycles. The topological polar surface area (TPSA) is 98.5 Å². The molecular weight excluding hydrogens is 380 g/mol. The zero-order valence-corrected chi connectivity index (χ0v) is 14.2. The average molecular weight is 393 g/mol. The number of nitro benzene ring substituents is 1. The number of halogens is 1. The van der Waals surface area contributed by atoms with Gasteiger partial charge in [-0.3, -0.25) is 14.9 Å². The van der Waals surface area contributed by atoms with Crippen LogP contribution in [0.5, 0.6) is 0 Å². The van der Waals surface area contributed by atoms with Gasteiger partial charge in [0, 0.05) is 21.8 Å². The Labute approximate surface area is 145 Å². The van der Waals surface area contributed by atoms with E-state index in [4.69, 9.17) is 4.74 Å². The third kappa shape index (κ3) is 4.39. The molecule has 0 radical (unpaired) electrons. The maximum absolute atomic E-state index is 11.9. The number of benzene rings is 2. The summed E-state index contributed by atoms with van der Waals surface area (Å²) in [6, 6.07) is 11.0. The number of carbonyl (C=O) groups excluding carboxylic acids is 2. The van der Waals surface area contributed by atoms with E-state index in [1.54, 1.807) is 31.2 Å². The van der Waals surface area contributed by atoms with Crippen molar-refractivity contribution in [1.82, 2.24) is 0 Å². The van der Waals surface area contributed by atoms with Crippen LogP contribution in [0.4, 0.5) is 11.4 Å². The van der Waals surface area contributed by atoms with E-state index in [9.17, 15) is 19.7 Å². The number of rotatable bonds is 5. The lowest BCUT2D eigenvalue weighted by Gasteiger charge is -2.08. The summed E-state index contributed by atoms with van der Waals surface area (Å²) >= 11 is 3.22. The zero-order chi connectivity index (χ0) is 17.7. The van der Waals surface area contributed by atoms with Gasteiger partial charge in [-0.05, 0) is 41.1 Å². The molecule has 124 valence electrons. The number of nitro groups is 1. The highest BCUT2D eigenvalue weighted by Gasteiger charge is 2.15. The molecule has 1 N–H and O–H groups in total. The Hall–Kier alpha value is -2.74. The monoisotopic (exact) mass is 392 g/mol. The number of esters is 1. The lowest BCUT2D eigenvalue weighted by molar-refractivity contribution is -0.385. The normalized spacial score (nSPS) is 10.1. The summed E-state index contributed by atoms with van der Waals surface area (Å²) in [6.07, 6.45) is 0. The smallest absolute Gasteiger partial charge is 0.339 e. The Morgan fingerprint density at radius 2 is 1.96 bits per heavy atom. The van der Waals surface area contributed by atoms with E-state index in [1.807, 2.05) is 0 Å². The van der Waals surface area contributed by atoms with Crippen LogP contribution in [0.1, 0.15) is 15.9 Å². The van der Waals surface area contributed by atoms with Crippen LogP contribution in [0.3, 0.4) is 0 Å². The summed E-state index contributed by atoms with van der Waals surface area (Å²) in [5, 5.41) is 13.3. The first-order valence-corrected chi connectivity index (χ1v) is 7.64. The van der Waals surface area contributed by atoms with Gasteiger partial charge in [-0.1, -0.05) is 18.2 Å². The number of hydrogen-bond donors (Lipinski definition) is 1. The fourth-order valence-corrected chi connectivity index (χ4v) is 2.36. The molecule has 0 fully saturated rings. The lowest BCUT2D eigenvalue weighted by Crippen LogP contribution is -2.21. The highest BCUT2D eigenvalue weighted by atomic mass is 79.9. The number of hydrogen-bond acceptors (Lipinski definition) is 5. The first-order chi connectivity index (χ1) is 11.4. The average Bonchev–Trinajstić information content (AvgIpc) is 2.54. The molecule has 2 aromatic rings. The molecule has 0 spiro atoms. The fourth-order valence-electron chi connectivity index (χ4n) is 1.92.